The number of nitrogens with zero attached hydrogens (tertiary/aromatic N) is 2. The summed E-state index contributed by atoms with van der Waals surface area (Å²) in [7, 11) is 4.25. The molecule has 1 aliphatic heterocycles. The Labute approximate surface area is 117 Å². The standard InChI is InChI=1S/C14H29N3S/c1-10(2)7-12-9-18-14(15-12)16-13(11(3)4)8-17(5)6/h10-13H,7-9H2,1-6H3,(H,15,16). The van der Waals surface area contributed by atoms with Crippen molar-refractivity contribution < 1.29 is 0 Å². The van der Waals surface area contributed by atoms with Crippen LogP contribution in [0.4, 0.5) is 0 Å². The Hall–Kier alpha value is -0.220. The van der Waals surface area contributed by atoms with Crippen molar-refractivity contribution in [1.82, 2.24) is 10.2 Å². The number of hydrogen-bond acceptors (Lipinski definition) is 4. The average Bonchev–Trinajstić information content (AvgIpc) is 2.62. The summed E-state index contributed by atoms with van der Waals surface area (Å²) in [6.07, 6.45) is 1.21. The maximum Gasteiger partial charge on any atom is 0.157 e. The summed E-state index contributed by atoms with van der Waals surface area (Å²) in [4.78, 5) is 7.05. The predicted octanol–water partition coefficient (Wildman–Crippen LogP) is 2.68. The molecule has 0 saturated heterocycles. The second-order valence-electron chi connectivity index (χ2n) is 6.29. The van der Waals surface area contributed by atoms with E-state index in [1.807, 2.05) is 11.8 Å². The summed E-state index contributed by atoms with van der Waals surface area (Å²) in [5.41, 5.74) is 0. The Bertz CT molecular complexity index is 274. The molecule has 0 aromatic rings. The van der Waals surface area contributed by atoms with Gasteiger partial charge in [0.1, 0.15) is 0 Å². The van der Waals surface area contributed by atoms with Gasteiger partial charge in [0.2, 0.25) is 0 Å². The number of aliphatic imine (C=N–C) groups is 1. The van der Waals surface area contributed by atoms with Gasteiger partial charge < -0.3 is 10.2 Å². The van der Waals surface area contributed by atoms with E-state index in [-0.39, 0.29) is 0 Å². The Morgan fingerprint density at radius 1 is 1.33 bits per heavy atom. The molecule has 4 heteroatoms. The van der Waals surface area contributed by atoms with Crippen molar-refractivity contribution in [2.24, 2.45) is 16.8 Å². The molecule has 0 radical (unpaired) electrons. The highest BCUT2D eigenvalue weighted by Crippen LogP contribution is 2.22. The van der Waals surface area contributed by atoms with Gasteiger partial charge in [-0.15, -0.1) is 0 Å². The second kappa shape index (κ2) is 7.39. The van der Waals surface area contributed by atoms with Gasteiger partial charge >= 0.3 is 0 Å². The molecule has 2 unspecified atom stereocenters. The predicted molar refractivity (Wildman–Crippen MR) is 83.5 cm³/mol. The van der Waals surface area contributed by atoms with Gasteiger partial charge in [-0.3, -0.25) is 4.99 Å². The van der Waals surface area contributed by atoms with E-state index in [0.29, 0.717) is 18.0 Å². The minimum atomic E-state index is 0.490. The van der Waals surface area contributed by atoms with E-state index in [0.717, 1.165) is 23.4 Å². The van der Waals surface area contributed by atoms with Crippen molar-refractivity contribution in [1.29, 1.82) is 0 Å². The third-order valence-corrected chi connectivity index (χ3v) is 4.18. The highest BCUT2D eigenvalue weighted by molar-refractivity contribution is 8.14. The van der Waals surface area contributed by atoms with Crippen LogP contribution in [0.2, 0.25) is 0 Å². The molecule has 0 fully saturated rings. The van der Waals surface area contributed by atoms with Crippen molar-refractivity contribution in [3.05, 3.63) is 0 Å². The van der Waals surface area contributed by atoms with Gasteiger partial charge in [-0.1, -0.05) is 39.5 Å². The third-order valence-electron chi connectivity index (χ3n) is 3.13. The molecular weight excluding hydrogens is 242 g/mol. The molecule has 3 nitrogen and oxygen atoms in total. The van der Waals surface area contributed by atoms with E-state index < -0.39 is 0 Å². The minimum Gasteiger partial charge on any atom is -0.361 e. The van der Waals surface area contributed by atoms with Crippen LogP contribution in [0.1, 0.15) is 34.1 Å². The monoisotopic (exact) mass is 271 g/mol. The van der Waals surface area contributed by atoms with Crippen LogP contribution >= 0.6 is 11.8 Å². The molecule has 1 rings (SSSR count). The van der Waals surface area contributed by atoms with Gasteiger partial charge in [-0.05, 0) is 32.4 Å². The first-order valence-corrected chi connectivity index (χ1v) is 7.99. The van der Waals surface area contributed by atoms with Gasteiger partial charge in [-0.25, -0.2) is 0 Å². The van der Waals surface area contributed by atoms with E-state index in [4.69, 9.17) is 4.99 Å². The smallest absolute Gasteiger partial charge is 0.157 e. The summed E-state index contributed by atoms with van der Waals surface area (Å²) in [6.45, 7) is 10.1. The second-order valence-corrected chi connectivity index (χ2v) is 7.29. The van der Waals surface area contributed by atoms with Crippen molar-refractivity contribution in [2.75, 3.05) is 26.4 Å². The summed E-state index contributed by atoms with van der Waals surface area (Å²) in [5, 5.41) is 4.78. The van der Waals surface area contributed by atoms with Crippen LogP contribution in [0.3, 0.4) is 0 Å². The number of amidine groups is 1. The normalized spacial score (nSPS) is 21.8. The van der Waals surface area contributed by atoms with Crippen LogP contribution in [-0.4, -0.2) is 48.5 Å². The van der Waals surface area contributed by atoms with Crippen molar-refractivity contribution in [3.8, 4) is 0 Å². The third kappa shape index (κ3) is 5.61. The van der Waals surface area contributed by atoms with Crippen LogP contribution in [0.5, 0.6) is 0 Å². The van der Waals surface area contributed by atoms with Gasteiger partial charge in [0.05, 0.1) is 6.04 Å². The Balaban J connectivity index is 2.49. The van der Waals surface area contributed by atoms with Crippen LogP contribution in [0, 0.1) is 11.8 Å². The van der Waals surface area contributed by atoms with E-state index in [1.54, 1.807) is 0 Å². The van der Waals surface area contributed by atoms with Crippen molar-refractivity contribution >= 4 is 16.9 Å². The summed E-state index contributed by atoms with van der Waals surface area (Å²) in [6, 6.07) is 1.01. The SMILES string of the molecule is CC(C)CC1CSC(NC(CN(C)C)C(C)C)=N1. The average molecular weight is 271 g/mol. The highest BCUT2D eigenvalue weighted by Gasteiger charge is 2.22. The first-order valence-electron chi connectivity index (χ1n) is 7.00. The molecule has 0 amide bonds. The summed E-state index contributed by atoms with van der Waals surface area (Å²) < 4.78 is 0. The molecule has 0 spiro atoms. The lowest BCUT2D eigenvalue weighted by molar-refractivity contribution is 0.314. The maximum absolute atomic E-state index is 4.81. The lowest BCUT2D eigenvalue weighted by Gasteiger charge is -2.26. The lowest BCUT2D eigenvalue weighted by atomic mass is 10.0. The number of likely N-dealkylation sites (N-methyl/N-ethyl adjacent to an activating group) is 1. The fraction of sp³-hybridized carbons (Fsp3) is 0.929. The molecule has 18 heavy (non-hydrogen) atoms. The Kier molecular flexibility index (Phi) is 6.50. The minimum absolute atomic E-state index is 0.490. The first-order chi connectivity index (χ1) is 8.38. The van der Waals surface area contributed by atoms with E-state index in [9.17, 15) is 0 Å². The fourth-order valence-corrected chi connectivity index (χ4v) is 3.15. The Morgan fingerprint density at radius 3 is 2.50 bits per heavy atom. The molecule has 1 heterocycles. The highest BCUT2D eigenvalue weighted by atomic mass is 32.2. The number of nitrogens with one attached hydrogen (secondary N) is 1. The zero-order valence-electron chi connectivity index (χ0n) is 12.7. The van der Waals surface area contributed by atoms with Crippen LogP contribution in [-0.2, 0) is 0 Å². The van der Waals surface area contributed by atoms with E-state index >= 15 is 0 Å². The van der Waals surface area contributed by atoms with Gasteiger partial charge in [0, 0.05) is 18.3 Å². The molecule has 0 saturated carbocycles. The molecule has 0 aromatic carbocycles. The first kappa shape index (κ1) is 15.8. The fourth-order valence-electron chi connectivity index (χ4n) is 2.13. The molecule has 0 bridgehead atoms. The van der Waals surface area contributed by atoms with E-state index in [1.165, 1.54) is 6.42 Å². The lowest BCUT2D eigenvalue weighted by Crippen LogP contribution is -2.43. The van der Waals surface area contributed by atoms with Gasteiger partial charge in [0.25, 0.3) is 0 Å². The molecular formula is C14H29N3S. The van der Waals surface area contributed by atoms with Gasteiger partial charge in [0.15, 0.2) is 5.17 Å². The number of thioether (sulfide) groups is 1. The summed E-state index contributed by atoms with van der Waals surface area (Å²) >= 11 is 1.89. The van der Waals surface area contributed by atoms with Gasteiger partial charge in [-0.2, -0.15) is 0 Å². The molecule has 106 valence electrons. The maximum atomic E-state index is 4.81. The quantitative estimate of drug-likeness (QED) is 0.805. The zero-order chi connectivity index (χ0) is 13.7. The van der Waals surface area contributed by atoms with Crippen LogP contribution in [0.25, 0.3) is 0 Å². The molecule has 1 aliphatic rings. The zero-order valence-corrected chi connectivity index (χ0v) is 13.5. The van der Waals surface area contributed by atoms with Crippen molar-refractivity contribution in [3.63, 3.8) is 0 Å². The largest absolute Gasteiger partial charge is 0.361 e. The van der Waals surface area contributed by atoms with Crippen LogP contribution < -0.4 is 5.32 Å². The summed E-state index contributed by atoms with van der Waals surface area (Å²) in [5.74, 6) is 2.51. The molecule has 1 N–H and O–H groups in total. The number of rotatable bonds is 6. The number of hydrogen-bond donors (Lipinski definition) is 1. The molecule has 2 atom stereocenters. The topological polar surface area (TPSA) is 27.6 Å². The van der Waals surface area contributed by atoms with E-state index in [2.05, 4.69) is 52.0 Å². The van der Waals surface area contributed by atoms with Crippen LogP contribution in [0.15, 0.2) is 4.99 Å². The molecule has 0 aliphatic carbocycles. The molecule has 0 aromatic heterocycles. The van der Waals surface area contributed by atoms with Crippen molar-refractivity contribution in [2.45, 2.75) is 46.2 Å². The Morgan fingerprint density at radius 2 is 2.00 bits per heavy atom.